The summed E-state index contributed by atoms with van der Waals surface area (Å²) < 4.78 is 33.2. The lowest BCUT2D eigenvalue weighted by atomic mass is 10.0. The molecule has 0 aliphatic heterocycles. The van der Waals surface area contributed by atoms with E-state index in [4.69, 9.17) is 24.3 Å². The van der Waals surface area contributed by atoms with Crippen LogP contribution in [0.2, 0.25) is 0 Å². The highest BCUT2D eigenvalue weighted by molar-refractivity contribution is 7.47. The number of carbonyl (C=O) groups is 2. The maximum atomic E-state index is 12.8. The predicted molar refractivity (Wildman–Crippen MR) is 394 cm³/mol. The molecule has 91 heavy (non-hydrogen) atoms. The van der Waals surface area contributed by atoms with Crippen LogP contribution in [0.4, 0.5) is 0 Å². The van der Waals surface area contributed by atoms with Crippen molar-refractivity contribution in [2.45, 2.75) is 290 Å². The molecule has 514 valence electrons. The zero-order valence-corrected chi connectivity index (χ0v) is 58.6. The second kappa shape index (κ2) is 74.2. The van der Waals surface area contributed by atoms with Gasteiger partial charge in [-0.15, -0.1) is 0 Å². The Morgan fingerprint density at radius 3 is 0.846 bits per heavy atom. The molecular weight excluding hydrogens is 1150 g/mol. The van der Waals surface area contributed by atoms with E-state index in [1.54, 1.807) is 0 Å². The van der Waals surface area contributed by atoms with Crippen LogP contribution in [0.15, 0.2) is 182 Å². The minimum atomic E-state index is -4.41. The first-order valence-electron chi connectivity index (χ1n) is 36.3. The van der Waals surface area contributed by atoms with Gasteiger partial charge in [0.15, 0.2) is 6.10 Å². The smallest absolute Gasteiger partial charge is 0.462 e. The molecule has 0 aliphatic rings. The van der Waals surface area contributed by atoms with E-state index in [0.29, 0.717) is 6.42 Å². The Balaban J connectivity index is 3.92. The van der Waals surface area contributed by atoms with Crippen molar-refractivity contribution in [1.82, 2.24) is 0 Å². The summed E-state index contributed by atoms with van der Waals surface area (Å²) in [5.41, 5.74) is 5.40. The van der Waals surface area contributed by atoms with E-state index in [1.807, 2.05) is 0 Å². The van der Waals surface area contributed by atoms with E-state index >= 15 is 0 Å². The van der Waals surface area contributed by atoms with E-state index < -0.39 is 32.5 Å². The van der Waals surface area contributed by atoms with E-state index in [9.17, 15) is 19.0 Å². The molecule has 0 aromatic rings. The topological polar surface area (TPSA) is 134 Å². The SMILES string of the molecule is CC/C=C\C/C=C\C/C=C\C/C=C\C/C=C\C/C=C\C/C=C\C/C=C\CCCCCCC(=O)OC(COC(=O)CCCCCCCCCCCCCCCCCCCCC/C=C\C/C=C\C/C=C\C/C=C\C/C=C\C/C=C\C/C=C\CC)COP(=O)(O)OCCN. The number of esters is 2. The van der Waals surface area contributed by atoms with Gasteiger partial charge in [-0.25, -0.2) is 4.57 Å². The Kier molecular flexibility index (Phi) is 70.2. The Bertz CT molecular complexity index is 2150. The summed E-state index contributed by atoms with van der Waals surface area (Å²) >= 11 is 0. The zero-order valence-electron chi connectivity index (χ0n) is 57.8. The molecule has 0 heterocycles. The molecule has 2 atom stereocenters. The zero-order chi connectivity index (χ0) is 65.8. The van der Waals surface area contributed by atoms with Crippen LogP contribution >= 0.6 is 7.82 Å². The van der Waals surface area contributed by atoms with Crippen molar-refractivity contribution in [3.05, 3.63) is 182 Å². The summed E-state index contributed by atoms with van der Waals surface area (Å²) in [6.07, 6.45) is 111. The van der Waals surface area contributed by atoms with Crippen LogP contribution in [0.3, 0.4) is 0 Å². The molecule has 0 rings (SSSR count). The van der Waals surface area contributed by atoms with Gasteiger partial charge in [0.25, 0.3) is 0 Å². The standard InChI is InChI=1S/C81H132NO8P/c1-3-5-7-9-11-13-15-17-19-21-23-25-27-29-31-33-34-35-36-37-38-39-40-41-42-43-44-46-47-49-51-53-55-57-59-61-63-65-67-69-71-73-80(83)87-77-79(78-89-91(85,86)88-76-75-82)90-81(84)74-72-70-68-66-64-62-60-58-56-54-52-50-48-45-32-30-28-26-24-22-20-18-16-14-12-10-8-6-4-2/h5-8,11-14,17-20,23-26,29-32,34-35,37-38,48,50,54,56,60,62,79H,3-4,9-10,15-16,21-22,27-28,33,36,39-47,49,51-53,55,57-59,61,63-78,82H2,1-2H3,(H,85,86)/b7-5-,8-6-,13-11-,14-12-,19-17-,20-18-,25-23-,26-24-,31-29-,32-30-,35-34-,38-37-,50-48-,56-54-,62-60-. The normalized spacial score (nSPS) is 14.0. The van der Waals surface area contributed by atoms with Crippen LogP contribution in [-0.4, -0.2) is 49.3 Å². The molecule has 0 aliphatic carbocycles. The Morgan fingerprint density at radius 2 is 0.571 bits per heavy atom. The summed E-state index contributed by atoms with van der Waals surface area (Å²) in [5, 5.41) is 0. The lowest BCUT2D eigenvalue weighted by Crippen LogP contribution is -2.29. The molecule has 0 saturated heterocycles. The first kappa shape index (κ1) is 86.1. The first-order chi connectivity index (χ1) is 44.8. The molecule has 0 spiro atoms. The molecule has 10 heteroatoms. The van der Waals surface area contributed by atoms with E-state index in [1.165, 1.54) is 109 Å². The van der Waals surface area contributed by atoms with Crippen LogP contribution in [0.25, 0.3) is 0 Å². The quantitative estimate of drug-likeness (QED) is 0.0264. The summed E-state index contributed by atoms with van der Waals surface area (Å²) in [4.78, 5) is 35.4. The van der Waals surface area contributed by atoms with Crippen LogP contribution in [-0.2, 0) is 32.7 Å². The number of rotatable bonds is 66. The van der Waals surface area contributed by atoms with Crippen molar-refractivity contribution in [3.63, 3.8) is 0 Å². The van der Waals surface area contributed by atoms with Gasteiger partial charge in [-0.3, -0.25) is 18.6 Å². The van der Waals surface area contributed by atoms with Crippen LogP contribution in [0, 0.1) is 0 Å². The van der Waals surface area contributed by atoms with Crippen molar-refractivity contribution in [3.8, 4) is 0 Å². The van der Waals surface area contributed by atoms with Gasteiger partial charge >= 0.3 is 19.8 Å². The molecule has 3 N–H and O–H groups in total. The van der Waals surface area contributed by atoms with Crippen LogP contribution in [0.5, 0.6) is 0 Å². The second-order valence-corrected chi connectivity index (χ2v) is 24.8. The van der Waals surface area contributed by atoms with Gasteiger partial charge in [0.1, 0.15) is 6.61 Å². The van der Waals surface area contributed by atoms with Gasteiger partial charge in [0, 0.05) is 19.4 Å². The van der Waals surface area contributed by atoms with Crippen molar-refractivity contribution in [1.29, 1.82) is 0 Å². The maximum absolute atomic E-state index is 12.8. The lowest BCUT2D eigenvalue weighted by molar-refractivity contribution is -0.161. The number of allylic oxidation sites excluding steroid dienone is 30. The minimum Gasteiger partial charge on any atom is -0.462 e. The number of nitrogens with two attached hydrogens (primary N) is 1. The number of phosphoric ester groups is 1. The highest BCUT2D eigenvalue weighted by Crippen LogP contribution is 2.43. The molecule has 0 saturated carbocycles. The molecule has 0 fully saturated rings. The Labute approximate surface area is 558 Å². The van der Waals surface area contributed by atoms with Crippen molar-refractivity contribution in [2.24, 2.45) is 5.73 Å². The van der Waals surface area contributed by atoms with Crippen LogP contribution in [0.1, 0.15) is 284 Å². The second-order valence-electron chi connectivity index (χ2n) is 23.3. The van der Waals surface area contributed by atoms with E-state index in [-0.39, 0.29) is 32.6 Å². The highest BCUT2D eigenvalue weighted by atomic mass is 31.2. The number of hydrogen-bond acceptors (Lipinski definition) is 8. The summed E-state index contributed by atoms with van der Waals surface area (Å²) in [6, 6.07) is 0. The van der Waals surface area contributed by atoms with Gasteiger partial charge in [-0.1, -0.05) is 318 Å². The fraction of sp³-hybridized carbons (Fsp3) is 0.605. The molecule has 0 radical (unpaired) electrons. The van der Waals surface area contributed by atoms with Crippen LogP contribution < -0.4 is 5.73 Å². The van der Waals surface area contributed by atoms with E-state index in [0.717, 1.165) is 141 Å². The molecule has 0 amide bonds. The fourth-order valence-corrected chi connectivity index (χ4v) is 10.3. The average molecular weight is 1280 g/mol. The predicted octanol–water partition coefficient (Wildman–Crippen LogP) is 24.3. The fourth-order valence-electron chi connectivity index (χ4n) is 9.52. The summed E-state index contributed by atoms with van der Waals surface area (Å²) in [6.45, 7) is 3.48. The largest absolute Gasteiger partial charge is 0.472 e. The van der Waals surface area contributed by atoms with Gasteiger partial charge < -0.3 is 20.1 Å². The first-order valence-corrected chi connectivity index (χ1v) is 37.8. The third-order valence-corrected chi connectivity index (χ3v) is 15.8. The molecule has 0 aromatic carbocycles. The van der Waals surface area contributed by atoms with Crippen molar-refractivity contribution >= 4 is 19.8 Å². The van der Waals surface area contributed by atoms with Crippen molar-refractivity contribution < 1.29 is 37.6 Å². The van der Waals surface area contributed by atoms with Gasteiger partial charge in [-0.05, 0) is 135 Å². The molecule has 0 bridgehead atoms. The number of ether oxygens (including phenoxy) is 2. The number of unbranched alkanes of at least 4 members (excludes halogenated alkanes) is 23. The molecular formula is C81H132NO8P. The van der Waals surface area contributed by atoms with Crippen molar-refractivity contribution in [2.75, 3.05) is 26.4 Å². The number of phosphoric acid groups is 1. The minimum absolute atomic E-state index is 0.0410. The lowest BCUT2D eigenvalue weighted by Gasteiger charge is -2.19. The van der Waals surface area contributed by atoms with Gasteiger partial charge in [0.05, 0.1) is 13.2 Å². The third-order valence-electron chi connectivity index (χ3n) is 14.8. The molecule has 0 aromatic heterocycles. The monoisotopic (exact) mass is 1280 g/mol. The average Bonchev–Trinajstić information content (AvgIpc) is 3.68. The van der Waals surface area contributed by atoms with Gasteiger partial charge in [-0.2, -0.15) is 0 Å². The third kappa shape index (κ3) is 74.0. The summed E-state index contributed by atoms with van der Waals surface area (Å²) in [7, 11) is -4.41. The Morgan fingerprint density at radius 1 is 0.330 bits per heavy atom. The Hall–Kier alpha value is -4.89. The number of hydrogen-bond donors (Lipinski definition) is 2. The van der Waals surface area contributed by atoms with E-state index in [2.05, 4.69) is 196 Å². The van der Waals surface area contributed by atoms with Gasteiger partial charge in [0.2, 0.25) is 0 Å². The summed E-state index contributed by atoms with van der Waals surface area (Å²) in [5.74, 6) is -0.861. The molecule has 9 nitrogen and oxygen atoms in total. The maximum Gasteiger partial charge on any atom is 0.472 e. The molecule has 2 unspecified atom stereocenters. The highest BCUT2D eigenvalue weighted by Gasteiger charge is 2.26. The number of carbonyl (C=O) groups excluding carboxylic acids is 2.